The van der Waals surface area contributed by atoms with Crippen molar-refractivity contribution in [1.29, 1.82) is 0 Å². The SMILES string of the molecule is Cc1cccc(Nc2ncnc3cnc(NCCc4ccccc4)nc23)c1. The number of hydrogen-bond acceptors (Lipinski definition) is 6. The van der Waals surface area contributed by atoms with Gasteiger partial charge in [0.1, 0.15) is 17.4 Å². The van der Waals surface area contributed by atoms with Crippen LogP contribution in [0.5, 0.6) is 0 Å². The Kier molecular flexibility index (Phi) is 4.87. The Labute approximate surface area is 157 Å². The van der Waals surface area contributed by atoms with Crippen molar-refractivity contribution in [1.82, 2.24) is 19.9 Å². The molecule has 0 aliphatic carbocycles. The monoisotopic (exact) mass is 356 g/mol. The second kappa shape index (κ2) is 7.78. The zero-order valence-corrected chi connectivity index (χ0v) is 15.1. The van der Waals surface area contributed by atoms with Crippen molar-refractivity contribution in [2.75, 3.05) is 17.2 Å². The minimum atomic E-state index is 0.570. The van der Waals surface area contributed by atoms with Crippen molar-refractivity contribution >= 4 is 28.5 Å². The van der Waals surface area contributed by atoms with Crippen LogP contribution >= 0.6 is 0 Å². The molecule has 4 rings (SSSR count). The Bertz CT molecular complexity index is 1050. The molecule has 0 amide bonds. The van der Waals surface area contributed by atoms with E-state index >= 15 is 0 Å². The van der Waals surface area contributed by atoms with Crippen LogP contribution in [0.4, 0.5) is 17.5 Å². The lowest BCUT2D eigenvalue weighted by Crippen LogP contribution is -2.08. The Morgan fingerprint density at radius 2 is 1.81 bits per heavy atom. The molecule has 4 aromatic rings. The minimum Gasteiger partial charge on any atom is -0.354 e. The highest BCUT2D eigenvalue weighted by molar-refractivity contribution is 5.87. The average molecular weight is 356 g/mol. The number of aromatic nitrogens is 4. The van der Waals surface area contributed by atoms with E-state index < -0.39 is 0 Å². The molecule has 6 heteroatoms. The normalized spacial score (nSPS) is 10.7. The van der Waals surface area contributed by atoms with Crippen LogP contribution in [0.2, 0.25) is 0 Å². The molecule has 0 atom stereocenters. The van der Waals surface area contributed by atoms with Gasteiger partial charge < -0.3 is 10.6 Å². The molecule has 0 aliphatic rings. The second-order valence-electron chi connectivity index (χ2n) is 6.31. The summed E-state index contributed by atoms with van der Waals surface area (Å²) in [5.74, 6) is 1.24. The molecule has 0 fully saturated rings. The Morgan fingerprint density at radius 1 is 0.926 bits per heavy atom. The van der Waals surface area contributed by atoms with Gasteiger partial charge >= 0.3 is 0 Å². The largest absolute Gasteiger partial charge is 0.354 e. The number of fused-ring (bicyclic) bond motifs is 1. The number of nitrogens with one attached hydrogen (secondary N) is 2. The van der Waals surface area contributed by atoms with Gasteiger partial charge in [-0.1, -0.05) is 42.5 Å². The number of anilines is 3. The second-order valence-corrected chi connectivity index (χ2v) is 6.31. The third-order valence-corrected chi connectivity index (χ3v) is 4.20. The van der Waals surface area contributed by atoms with Gasteiger partial charge in [-0.3, -0.25) is 0 Å². The van der Waals surface area contributed by atoms with Crippen molar-refractivity contribution in [2.24, 2.45) is 0 Å². The summed E-state index contributed by atoms with van der Waals surface area (Å²) in [5, 5.41) is 6.61. The van der Waals surface area contributed by atoms with Crippen LogP contribution in [0.3, 0.4) is 0 Å². The highest BCUT2D eigenvalue weighted by atomic mass is 15.1. The molecule has 2 N–H and O–H groups in total. The summed E-state index contributed by atoms with van der Waals surface area (Å²) < 4.78 is 0. The summed E-state index contributed by atoms with van der Waals surface area (Å²) in [7, 11) is 0. The zero-order chi connectivity index (χ0) is 18.5. The fourth-order valence-electron chi connectivity index (χ4n) is 2.85. The molecule has 2 heterocycles. The fraction of sp³-hybridized carbons (Fsp3) is 0.143. The molecule has 0 spiro atoms. The van der Waals surface area contributed by atoms with Gasteiger partial charge in [-0.25, -0.2) is 19.9 Å². The minimum absolute atomic E-state index is 0.570. The maximum atomic E-state index is 4.62. The molecule has 27 heavy (non-hydrogen) atoms. The smallest absolute Gasteiger partial charge is 0.223 e. The van der Waals surface area contributed by atoms with E-state index in [1.807, 2.05) is 30.3 Å². The fourth-order valence-corrected chi connectivity index (χ4v) is 2.85. The number of aryl methyl sites for hydroxylation is 1. The molecule has 0 aliphatic heterocycles. The molecule has 2 aromatic carbocycles. The zero-order valence-electron chi connectivity index (χ0n) is 15.1. The molecular weight excluding hydrogens is 336 g/mol. The number of nitrogens with zero attached hydrogens (tertiary/aromatic N) is 4. The van der Waals surface area contributed by atoms with Gasteiger partial charge in [-0.2, -0.15) is 0 Å². The molecule has 134 valence electrons. The highest BCUT2D eigenvalue weighted by Crippen LogP contribution is 2.22. The maximum absolute atomic E-state index is 4.62. The van der Waals surface area contributed by atoms with Crippen molar-refractivity contribution in [3.8, 4) is 0 Å². The van der Waals surface area contributed by atoms with Crippen LogP contribution in [-0.4, -0.2) is 26.5 Å². The van der Waals surface area contributed by atoms with Gasteiger partial charge in [-0.15, -0.1) is 0 Å². The lowest BCUT2D eigenvalue weighted by Gasteiger charge is -2.10. The van der Waals surface area contributed by atoms with Gasteiger partial charge in [0.05, 0.1) is 6.20 Å². The maximum Gasteiger partial charge on any atom is 0.223 e. The summed E-state index contributed by atoms with van der Waals surface area (Å²) in [6.07, 6.45) is 4.14. The van der Waals surface area contributed by atoms with E-state index in [0.29, 0.717) is 22.8 Å². The van der Waals surface area contributed by atoms with Gasteiger partial charge in [0.25, 0.3) is 0 Å². The Balaban J connectivity index is 1.53. The highest BCUT2D eigenvalue weighted by Gasteiger charge is 2.08. The van der Waals surface area contributed by atoms with E-state index in [2.05, 4.69) is 61.8 Å². The molecule has 0 radical (unpaired) electrons. The summed E-state index contributed by atoms with van der Waals surface area (Å²) in [4.78, 5) is 17.6. The van der Waals surface area contributed by atoms with Crippen LogP contribution in [0.15, 0.2) is 67.1 Å². The van der Waals surface area contributed by atoms with Gasteiger partial charge in [0.15, 0.2) is 5.82 Å². The lowest BCUT2D eigenvalue weighted by atomic mass is 10.1. The summed E-state index contributed by atoms with van der Waals surface area (Å²) in [6, 6.07) is 18.5. The first-order valence-electron chi connectivity index (χ1n) is 8.87. The van der Waals surface area contributed by atoms with Crippen LogP contribution in [0, 0.1) is 6.92 Å². The van der Waals surface area contributed by atoms with E-state index in [1.165, 1.54) is 17.5 Å². The topological polar surface area (TPSA) is 75.6 Å². The summed E-state index contributed by atoms with van der Waals surface area (Å²) >= 11 is 0. The van der Waals surface area contributed by atoms with Gasteiger partial charge in [0, 0.05) is 12.2 Å². The van der Waals surface area contributed by atoms with E-state index in [0.717, 1.165) is 18.7 Å². The van der Waals surface area contributed by atoms with Crippen molar-refractivity contribution < 1.29 is 0 Å². The summed E-state index contributed by atoms with van der Waals surface area (Å²) in [6.45, 7) is 2.81. The third kappa shape index (κ3) is 4.17. The third-order valence-electron chi connectivity index (χ3n) is 4.20. The first-order valence-corrected chi connectivity index (χ1v) is 8.87. The van der Waals surface area contributed by atoms with Crippen LogP contribution in [0.1, 0.15) is 11.1 Å². The first-order chi connectivity index (χ1) is 13.3. The Hall–Kier alpha value is -3.54. The standard InChI is InChI=1S/C21H20N6/c1-15-6-5-9-17(12-15)26-20-19-18(24-14-25-20)13-23-21(27-19)22-11-10-16-7-3-2-4-8-16/h2-9,12-14H,10-11H2,1H3,(H,22,23,27)(H,24,25,26). The molecule has 0 saturated carbocycles. The van der Waals surface area contributed by atoms with Crippen LogP contribution < -0.4 is 10.6 Å². The predicted octanol–water partition coefficient (Wildman–Crippen LogP) is 4.13. The molecule has 0 saturated heterocycles. The van der Waals surface area contributed by atoms with Gasteiger partial charge in [0.2, 0.25) is 5.95 Å². The number of rotatable bonds is 6. The van der Waals surface area contributed by atoms with Crippen molar-refractivity contribution in [3.05, 3.63) is 78.2 Å². The molecule has 6 nitrogen and oxygen atoms in total. The number of benzene rings is 2. The quantitative estimate of drug-likeness (QED) is 0.541. The van der Waals surface area contributed by atoms with Crippen LogP contribution in [-0.2, 0) is 6.42 Å². The van der Waals surface area contributed by atoms with Crippen LogP contribution in [0.25, 0.3) is 11.0 Å². The summed E-state index contributed by atoms with van der Waals surface area (Å²) in [5.41, 5.74) is 4.81. The lowest BCUT2D eigenvalue weighted by molar-refractivity contribution is 0.988. The van der Waals surface area contributed by atoms with E-state index in [4.69, 9.17) is 0 Å². The average Bonchev–Trinajstić information content (AvgIpc) is 2.69. The molecule has 0 unspecified atom stereocenters. The van der Waals surface area contributed by atoms with Crippen molar-refractivity contribution in [3.63, 3.8) is 0 Å². The molecule has 2 aromatic heterocycles. The van der Waals surface area contributed by atoms with E-state index in [1.54, 1.807) is 6.20 Å². The predicted molar refractivity (Wildman–Crippen MR) is 108 cm³/mol. The van der Waals surface area contributed by atoms with Gasteiger partial charge in [-0.05, 0) is 36.6 Å². The number of hydrogen-bond donors (Lipinski definition) is 2. The van der Waals surface area contributed by atoms with E-state index in [-0.39, 0.29) is 0 Å². The molecule has 0 bridgehead atoms. The van der Waals surface area contributed by atoms with E-state index in [9.17, 15) is 0 Å². The molecular formula is C21H20N6. The first kappa shape index (κ1) is 16.9. The Morgan fingerprint density at radius 3 is 2.67 bits per heavy atom. The van der Waals surface area contributed by atoms with Crippen molar-refractivity contribution in [2.45, 2.75) is 13.3 Å².